The second-order valence-corrected chi connectivity index (χ2v) is 6.37. The molecule has 25 heavy (non-hydrogen) atoms. The van der Waals surface area contributed by atoms with Crippen molar-refractivity contribution in [3.05, 3.63) is 59.7 Å². The van der Waals surface area contributed by atoms with Gasteiger partial charge in [0, 0.05) is 13.0 Å². The number of hydrogen-bond acceptors (Lipinski definition) is 3. The summed E-state index contributed by atoms with van der Waals surface area (Å²) in [6.45, 7) is 2.05. The van der Waals surface area contributed by atoms with Crippen LogP contribution in [-0.4, -0.2) is 30.1 Å². The van der Waals surface area contributed by atoms with Crippen LogP contribution in [-0.2, 0) is 14.3 Å². The third-order valence-electron chi connectivity index (χ3n) is 4.33. The molecule has 1 atom stereocenters. The van der Waals surface area contributed by atoms with Crippen LogP contribution in [0, 0.1) is 5.92 Å². The minimum absolute atomic E-state index is 0.0323. The van der Waals surface area contributed by atoms with E-state index in [9.17, 15) is 9.59 Å². The second-order valence-electron chi connectivity index (χ2n) is 6.37. The van der Waals surface area contributed by atoms with Crippen molar-refractivity contribution in [3.63, 3.8) is 0 Å². The summed E-state index contributed by atoms with van der Waals surface area (Å²) < 4.78 is 5.90. The number of hydrogen-bond donors (Lipinski definition) is 2. The molecule has 0 unspecified atom stereocenters. The fourth-order valence-electron chi connectivity index (χ4n) is 3.16. The van der Waals surface area contributed by atoms with Gasteiger partial charge in [-0.2, -0.15) is 0 Å². The maximum Gasteiger partial charge on any atom is 0.303 e. The molecule has 5 heteroatoms. The van der Waals surface area contributed by atoms with Crippen molar-refractivity contribution >= 4 is 11.9 Å². The van der Waals surface area contributed by atoms with Gasteiger partial charge < -0.3 is 15.2 Å². The normalized spacial score (nSPS) is 13.8. The smallest absolute Gasteiger partial charge is 0.303 e. The van der Waals surface area contributed by atoms with Gasteiger partial charge in [-0.3, -0.25) is 9.59 Å². The van der Waals surface area contributed by atoms with Crippen LogP contribution in [0.15, 0.2) is 48.5 Å². The predicted molar refractivity (Wildman–Crippen MR) is 94.1 cm³/mol. The van der Waals surface area contributed by atoms with Crippen molar-refractivity contribution in [2.45, 2.75) is 19.4 Å². The van der Waals surface area contributed by atoms with Crippen molar-refractivity contribution < 1.29 is 19.4 Å². The number of carbonyl (C=O) groups is 2. The fraction of sp³-hybridized carbons (Fsp3) is 0.300. The molecule has 0 aromatic heterocycles. The fourth-order valence-corrected chi connectivity index (χ4v) is 3.16. The highest BCUT2D eigenvalue weighted by atomic mass is 16.5. The van der Waals surface area contributed by atoms with Gasteiger partial charge >= 0.3 is 5.97 Å². The van der Waals surface area contributed by atoms with Gasteiger partial charge in [0.05, 0.1) is 0 Å². The number of carbonyl (C=O) groups excluding carboxylic acids is 1. The Morgan fingerprint density at radius 1 is 1.08 bits per heavy atom. The quantitative estimate of drug-likeness (QED) is 0.813. The third kappa shape index (κ3) is 3.88. The maximum atomic E-state index is 12.0. The topological polar surface area (TPSA) is 75.6 Å². The molecule has 0 saturated carbocycles. The van der Waals surface area contributed by atoms with Gasteiger partial charge in [-0.1, -0.05) is 55.5 Å². The average molecular weight is 339 g/mol. The monoisotopic (exact) mass is 339 g/mol. The first-order valence-electron chi connectivity index (χ1n) is 8.34. The Morgan fingerprint density at radius 3 is 2.20 bits per heavy atom. The SMILES string of the molecule is C[C@H](CNC(=O)COC1c2ccccc2-c2ccccc21)CC(=O)O. The van der Waals surface area contributed by atoms with Crippen LogP contribution in [0.4, 0.5) is 0 Å². The zero-order chi connectivity index (χ0) is 17.8. The van der Waals surface area contributed by atoms with Gasteiger partial charge in [0.1, 0.15) is 12.7 Å². The van der Waals surface area contributed by atoms with E-state index in [1.807, 2.05) is 36.4 Å². The number of benzene rings is 2. The number of rotatable bonds is 7. The number of nitrogens with one attached hydrogen (secondary N) is 1. The molecule has 0 heterocycles. The number of fused-ring (bicyclic) bond motifs is 3. The molecule has 0 fully saturated rings. The lowest BCUT2D eigenvalue weighted by molar-refractivity contribution is -0.138. The molecule has 0 bridgehead atoms. The Hall–Kier alpha value is -2.66. The van der Waals surface area contributed by atoms with Crippen LogP contribution in [0.5, 0.6) is 0 Å². The highest BCUT2D eigenvalue weighted by Crippen LogP contribution is 2.44. The molecule has 2 aromatic carbocycles. The molecule has 0 spiro atoms. The summed E-state index contributed by atoms with van der Waals surface area (Å²) >= 11 is 0. The third-order valence-corrected chi connectivity index (χ3v) is 4.33. The number of amides is 1. The van der Waals surface area contributed by atoms with Crippen LogP contribution in [0.25, 0.3) is 11.1 Å². The summed E-state index contributed by atoms with van der Waals surface area (Å²) in [6, 6.07) is 16.1. The lowest BCUT2D eigenvalue weighted by Crippen LogP contribution is -2.32. The Balaban J connectivity index is 1.62. The molecule has 0 aliphatic heterocycles. The van der Waals surface area contributed by atoms with Crippen LogP contribution in [0.3, 0.4) is 0 Å². The first-order valence-corrected chi connectivity index (χ1v) is 8.34. The molecule has 2 N–H and O–H groups in total. The van der Waals surface area contributed by atoms with Crippen molar-refractivity contribution in [1.82, 2.24) is 5.32 Å². The molecule has 1 amide bonds. The maximum absolute atomic E-state index is 12.0. The second kappa shape index (κ2) is 7.49. The Labute approximate surface area is 146 Å². The van der Waals surface area contributed by atoms with E-state index in [2.05, 4.69) is 17.4 Å². The van der Waals surface area contributed by atoms with Crippen molar-refractivity contribution in [3.8, 4) is 11.1 Å². The van der Waals surface area contributed by atoms with E-state index in [0.29, 0.717) is 6.54 Å². The van der Waals surface area contributed by atoms with Crippen molar-refractivity contribution in [2.24, 2.45) is 5.92 Å². The van der Waals surface area contributed by atoms with Crippen LogP contribution in [0.1, 0.15) is 30.6 Å². The summed E-state index contributed by atoms with van der Waals surface area (Å²) in [7, 11) is 0. The molecular formula is C20H21NO4. The Kier molecular flexibility index (Phi) is 5.14. The van der Waals surface area contributed by atoms with E-state index in [1.54, 1.807) is 6.92 Å². The number of aliphatic carboxylic acids is 1. The van der Waals surface area contributed by atoms with Crippen LogP contribution >= 0.6 is 0 Å². The van der Waals surface area contributed by atoms with Gasteiger partial charge in [0.15, 0.2) is 0 Å². The highest BCUT2D eigenvalue weighted by Gasteiger charge is 2.29. The Morgan fingerprint density at radius 2 is 1.64 bits per heavy atom. The number of ether oxygens (including phenoxy) is 1. The van der Waals surface area contributed by atoms with Crippen LogP contribution in [0.2, 0.25) is 0 Å². The lowest BCUT2D eigenvalue weighted by atomic mass is 10.1. The minimum Gasteiger partial charge on any atom is -0.481 e. The van der Waals surface area contributed by atoms with Crippen molar-refractivity contribution in [1.29, 1.82) is 0 Å². The number of carboxylic acid groups (broad SMARTS) is 1. The summed E-state index contributed by atoms with van der Waals surface area (Å²) in [4.78, 5) is 22.7. The van der Waals surface area contributed by atoms with Gasteiger partial charge in [0.25, 0.3) is 0 Å². The Bertz CT molecular complexity index is 741. The molecule has 0 saturated heterocycles. The summed E-state index contributed by atoms with van der Waals surface area (Å²) in [6.07, 6.45) is -0.223. The molecule has 2 aromatic rings. The zero-order valence-corrected chi connectivity index (χ0v) is 14.1. The summed E-state index contributed by atoms with van der Waals surface area (Å²) in [5, 5.41) is 11.5. The lowest BCUT2D eigenvalue weighted by Gasteiger charge is -2.16. The molecule has 5 nitrogen and oxygen atoms in total. The van der Waals surface area contributed by atoms with E-state index in [4.69, 9.17) is 9.84 Å². The molecule has 3 rings (SSSR count). The molecular weight excluding hydrogens is 318 g/mol. The van der Waals surface area contributed by atoms with Gasteiger partial charge in [-0.15, -0.1) is 0 Å². The van der Waals surface area contributed by atoms with E-state index < -0.39 is 5.97 Å². The number of carboxylic acids is 1. The summed E-state index contributed by atoms with van der Waals surface area (Å²) in [5.41, 5.74) is 4.41. The van der Waals surface area contributed by atoms with Crippen molar-refractivity contribution in [2.75, 3.05) is 13.2 Å². The van der Waals surface area contributed by atoms with E-state index in [0.717, 1.165) is 22.3 Å². The van der Waals surface area contributed by atoms with E-state index in [1.165, 1.54) is 0 Å². The molecule has 0 radical (unpaired) electrons. The van der Waals surface area contributed by atoms with Gasteiger partial charge in [-0.25, -0.2) is 0 Å². The molecule has 1 aliphatic rings. The van der Waals surface area contributed by atoms with Gasteiger partial charge in [0.2, 0.25) is 5.91 Å². The first-order chi connectivity index (χ1) is 12.1. The average Bonchev–Trinajstić information content (AvgIpc) is 2.92. The van der Waals surface area contributed by atoms with E-state index in [-0.39, 0.29) is 31.0 Å². The largest absolute Gasteiger partial charge is 0.481 e. The standard InChI is InChI=1S/C20H21NO4/c1-13(10-19(23)24)11-21-18(22)12-25-20-16-8-4-2-6-14(16)15-7-3-5-9-17(15)20/h2-9,13,20H,10-12H2,1H3,(H,21,22)(H,23,24)/t13-/m0/s1. The zero-order valence-electron chi connectivity index (χ0n) is 14.1. The van der Waals surface area contributed by atoms with Crippen LogP contribution < -0.4 is 5.32 Å². The van der Waals surface area contributed by atoms with Gasteiger partial charge in [-0.05, 0) is 28.2 Å². The minimum atomic E-state index is -0.864. The van der Waals surface area contributed by atoms with E-state index >= 15 is 0 Å². The predicted octanol–water partition coefficient (Wildman–Crippen LogP) is 3.00. The first kappa shape index (κ1) is 17.2. The highest BCUT2D eigenvalue weighted by molar-refractivity contribution is 5.79. The molecule has 1 aliphatic carbocycles. The summed E-state index contributed by atoms with van der Waals surface area (Å²) in [5.74, 6) is -1.22. The molecule has 130 valence electrons.